The lowest BCUT2D eigenvalue weighted by atomic mass is 10.0. The van der Waals surface area contributed by atoms with Crippen molar-refractivity contribution in [2.24, 2.45) is 0 Å². The first kappa shape index (κ1) is 19.3. The Morgan fingerprint density at radius 1 is 0.960 bits per heavy atom. The highest BCUT2D eigenvalue weighted by Crippen LogP contribution is 2.33. The van der Waals surface area contributed by atoms with Crippen molar-refractivity contribution in [2.45, 2.75) is 73.8 Å². The van der Waals surface area contributed by atoms with Gasteiger partial charge in [-0.15, -0.1) is 0 Å². The molecule has 0 fully saturated rings. The fourth-order valence-corrected chi connectivity index (χ4v) is 3.17. The molecule has 0 aliphatic heterocycles. The molecule has 3 nitrogen and oxygen atoms in total. The fourth-order valence-electron chi connectivity index (χ4n) is 3.17. The minimum atomic E-state index is 0.473. The topological polar surface area (TPSA) is 34.1 Å². The van der Waals surface area contributed by atoms with Gasteiger partial charge in [0.2, 0.25) is 5.88 Å². The van der Waals surface area contributed by atoms with E-state index in [4.69, 9.17) is 4.74 Å². The molecule has 25 heavy (non-hydrogen) atoms. The molecule has 3 heteroatoms. The van der Waals surface area contributed by atoms with Crippen molar-refractivity contribution in [1.29, 1.82) is 0 Å². The number of nitrogens with zero attached hydrogens (tertiary/aromatic N) is 1. The van der Waals surface area contributed by atoms with Gasteiger partial charge >= 0.3 is 0 Å². The number of pyridine rings is 1. The molecule has 0 bridgehead atoms. The summed E-state index contributed by atoms with van der Waals surface area (Å²) in [5.74, 6) is 1.62. The van der Waals surface area contributed by atoms with Crippen LogP contribution in [-0.2, 0) is 6.42 Å². The van der Waals surface area contributed by atoms with Gasteiger partial charge < -0.3 is 10.1 Å². The maximum absolute atomic E-state index is 6.29. The highest BCUT2D eigenvalue weighted by Gasteiger charge is 2.15. The van der Waals surface area contributed by atoms with Gasteiger partial charge in [-0.3, -0.25) is 0 Å². The van der Waals surface area contributed by atoms with E-state index in [2.05, 4.69) is 70.0 Å². The smallest absolute Gasteiger partial charge is 0.224 e. The van der Waals surface area contributed by atoms with Gasteiger partial charge in [0.1, 0.15) is 5.75 Å². The summed E-state index contributed by atoms with van der Waals surface area (Å²) in [5, 5.41) is 3.64. The molecule has 0 aliphatic carbocycles. The maximum atomic E-state index is 6.29. The average molecular weight is 341 g/mol. The van der Waals surface area contributed by atoms with Crippen molar-refractivity contribution < 1.29 is 4.74 Å². The number of hydrogen-bond acceptors (Lipinski definition) is 3. The van der Waals surface area contributed by atoms with Gasteiger partial charge in [0.25, 0.3) is 0 Å². The van der Waals surface area contributed by atoms with E-state index >= 15 is 0 Å². The first-order chi connectivity index (χ1) is 11.9. The summed E-state index contributed by atoms with van der Waals surface area (Å²) < 4.78 is 6.29. The number of ether oxygens (including phenoxy) is 1. The van der Waals surface area contributed by atoms with E-state index in [9.17, 15) is 0 Å². The van der Waals surface area contributed by atoms with Crippen LogP contribution in [0.3, 0.4) is 0 Å². The summed E-state index contributed by atoms with van der Waals surface area (Å²) >= 11 is 0. The quantitative estimate of drug-likeness (QED) is 0.645. The van der Waals surface area contributed by atoms with Crippen molar-refractivity contribution in [3.8, 4) is 11.6 Å². The molecule has 0 amide bonds. The van der Waals surface area contributed by atoms with E-state index in [-0.39, 0.29) is 0 Å². The van der Waals surface area contributed by atoms with Crippen LogP contribution < -0.4 is 10.1 Å². The molecule has 0 aliphatic rings. The van der Waals surface area contributed by atoms with Crippen LogP contribution in [0.5, 0.6) is 11.6 Å². The molecular formula is C22H32N2O. The largest absolute Gasteiger partial charge is 0.438 e. The van der Waals surface area contributed by atoms with Crippen molar-refractivity contribution >= 4 is 5.69 Å². The Hall–Kier alpha value is -2.03. The van der Waals surface area contributed by atoms with Crippen molar-refractivity contribution in [3.05, 3.63) is 46.1 Å². The molecule has 0 atom stereocenters. The molecule has 136 valence electrons. The summed E-state index contributed by atoms with van der Waals surface area (Å²) in [6.45, 7) is 14.9. The maximum Gasteiger partial charge on any atom is 0.224 e. The van der Waals surface area contributed by atoms with Crippen molar-refractivity contribution in [2.75, 3.05) is 5.32 Å². The molecular weight excluding hydrogens is 308 g/mol. The Balaban J connectivity index is 2.39. The lowest BCUT2D eigenvalue weighted by Crippen LogP contribution is -2.18. The average Bonchev–Trinajstić information content (AvgIpc) is 2.58. The van der Waals surface area contributed by atoms with Gasteiger partial charge in [-0.05, 0) is 69.7 Å². The third kappa shape index (κ3) is 4.53. The van der Waals surface area contributed by atoms with Crippen LogP contribution in [-0.4, -0.2) is 11.0 Å². The molecule has 0 radical (unpaired) electrons. The van der Waals surface area contributed by atoms with E-state index in [0.29, 0.717) is 11.9 Å². The van der Waals surface area contributed by atoms with E-state index in [0.717, 1.165) is 53.1 Å². The van der Waals surface area contributed by atoms with Crippen LogP contribution in [0.2, 0.25) is 0 Å². The Labute approximate surface area is 152 Å². The second-order valence-corrected chi connectivity index (χ2v) is 6.91. The number of benzene rings is 1. The minimum Gasteiger partial charge on any atom is -0.438 e. The van der Waals surface area contributed by atoms with Gasteiger partial charge in [-0.2, -0.15) is 0 Å². The lowest BCUT2D eigenvalue weighted by Gasteiger charge is -2.21. The Morgan fingerprint density at radius 3 is 2.08 bits per heavy atom. The van der Waals surface area contributed by atoms with Crippen LogP contribution in [0, 0.1) is 27.7 Å². The summed E-state index contributed by atoms with van der Waals surface area (Å²) in [7, 11) is 0. The predicted octanol–water partition coefficient (Wildman–Crippen LogP) is 6.27. The molecule has 0 saturated heterocycles. The summed E-state index contributed by atoms with van der Waals surface area (Å²) in [5.41, 5.74) is 6.82. The van der Waals surface area contributed by atoms with Gasteiger partial charge in [0.05, 0.1) is 0 Å². The molecule has 1 N–H and O–H groups in total. The molecule has 1 aromatic carbocycles. The minimum absolute atomic E-state index is 0.473. The molecule has 0 saturated carbocycles. The number of rotatable bonds is 7. The standard InChI is InChI=1S/C22H32N2O/c1-8-18-11-14(4)21(15(5)12-18)25-22-17(7)20(13-16(6)23-22)24-19(9-2)10-3/h11-13,19H,8-10H2,1-7H3,(H,23,24). The molecule has 2 aromatic rings. The first-order valence-corrected chi connectivity index (χ1v) is 9.42. The zero-order chi connectivity index (χ0) is 18.6. The van der Waals surface area contributed by atoms with Gasteiger partial charge in [-0.1, -0.05) is 32.9 Å². The van der Waals surface area contributed by atoms with Crippen molar-refractivity contribution in [3.63, 3.8) is 0 Å². The second-order valence-electron chi connectivity index (χ2n) is 6.91. The SMILES string of the molecule is CCc1cc(C)c(Oc2nc(C)cc(NC(CC)CC)c2C)c(C)c1. The molecule has 1 heterocycles. The predicted molar refractivity (Wildman–Crippen MR) is 107 cm³/mol. The highest BCUT2D eigenvalue weighted by molar-refractivity contribution is 5.57. The van der Waals surface area contributed by atoms with E-state index in [1.807, 2.05) is 6.92 Å². The second kappa shape index (κ2) is 8.37. The fraction of sp³-hybridized carbons (Fsp3) is 0.500. The molecule has 2 rings (SSSR count). The summed E-state index contributed by atoms with van der Waals surface area (Å²) in [6.07, 6.45) is 3.24. The zero-order valence-corrected chi connectivity index (χ0v) is 16.8. The number of aromatic nitrogens is 1. The Bertz CT molecular complexity index is 710. The third-order valence-corrected chi connectivity index (χ3v) is 4.83. The number of nitrogens with one attached hydrogen (secondary N) is 1. The zero-order valence-electron chi connectivity index (χ0n) is 16.8. The third-order valence-electron chi connectivity index (χ3n) is 4.83. The Kier molecular flexibility index (Phi) is 6.46. The Morgan fingerprint density at radius 2 is 1.56 bits per heavy atom. The van der Waals surface area contributed by atoms with Crippen molar-refractivity contribution in [1.82, 2.24) is 4.98 Å². The van der Waals surface area contributed by atoms with E-state index in [1.165, 1.54) is 5.56 Å². The lowest BCUT2D eigenvalue weighted by molar-refractivity contribution is 0.451. The molecule has 1 aromatic heterocycles. The number of hydrogen-bond donors (Lipinski definition) is 1. The van der Waals surface area contributed by atoms with Gasteiger partial charge in [0.15, 0.2) is 0 Å². The van der Waals surface area contributed by atoms with E-state index < -0.39 is 0 Å². The summed E-state index contributed by atoms with van der Waals surface area (Å²) in [4.78, 5) is 4.65. The van der Waals surface area contributed by atoms with Crippen LogP contribution in [0.15, 0.2) is 18.2 Å². The van der Waals surface area contributed by atoms with Crippen LogP contribution >= 0.6 is 0 Å². The van der Waals surface area contributed by atoms with Crippen LogP contribution in [0.1, 0.15) is 61.6 Å². The van der Waals surface area contributed by atoms with Crippen LogP contribution in [0.4, 0.5) is 5.69 Å². The van der Waals surface area contributed by atoms with E-state index in [1.54, 1.807) is 0 Å². The molecule has 0 unspecified atom stereocenters. The first-order valence-electron chi connectivity index (χ1n) is 9.42. The van der Waals surface area contributed by atoms with Crippen LogP contribution in [0.25, 0.3) is 0 Å². The van der Waals surface area contributed by atoms with Gasteiger partial charge in [-0.25, -0.2) is 4.98 Å². The number of anilines is 1. The monoisotopic (exact) mass is 340 g/mol. The summed E-state index contributed by atoms with van der Waals surface area (Å²) in [6, 6.07) is 6.99. The molecule has 0 spiro atoms. The normalized spacial score (nSPS) is 11.0. The number of aryl methyl sites for hydroxylation is 4. The van der Waals surface area contributed by atoms with Gasteiger partial charge in [0, 0.05) is 23.0 Å². The highest BCUT2D eigenvalue weighted by atomic mass is 16.5.